The lowest BCUT2D eigenvalue weighted by atomic mass is 10.0. The molecule has 5 aromatic rings. The number of hydrogen-bond donors (Lipinski definition) is 2. The summed E-state index contributed by atoms with van der Waals surface area (Å²) in [6, 6.07) is 44.0. The van der Waals surface area contributed by atoms with Gasteiger partial charge in [0.25, 0.3) is 11.8 Å². The molecule has 2 heterocycles. The van der Waals surface area contributed by atoms with E-state index in [9.17, 15) is 24.0 Å². The zero-order valence-electron chi connectivity index (χ0n) is 32.1. The van der Waals surface area contributed by atoms with Gasteiger partial charge >= 0.3 is 11.9 Å². The average Bonchev–Trinajstić information content (AvgIpc) is 3.29. The van der Waals surface area contributed by atoms with E-state index in [1.165, 1.54) is 16.7 Å². The van der Waals surface area contributed by atoms with Crippen LogP contribution in [-0.4, -0.2) is 57.8 Å². The highest BCUT2D eigenvalue weighted by Gasteiger charge is 2.54. The Labute approximate surface area is 347 Å². The van der Waals surface area contributed by atoms with Crippen LogP contribution in [0.1, 0.15) is 64.1 Å². The molecule has 0 spiro atoms. The maximum Gasteiger partial charge on any atom is 0.356 e. The summed E-state index contributed by atoms with van der Waals surface area (Å²) < 4.78 is 12.2. The van der Waals surface area contributed by atoms with Crippen LogP contribution in [0.25, 0.3) is 0 Å². The summed E-state index contributed by atoms with van der Waals surface area (Å²) in [4.78, 5) is 69.6. The van der Waals surface area contributed by atoms with Crippen LogP contribution >= 0.6 is 11.8 Å². The van der Waals surface area contributed by atoms with E-state index in [1.54, 1.807) is 36.4 Å². The summed E-state index contributed by atoms with van der Waals surface area (Å²) in [5.74, 6) is -2.24. The Balaban J connectivity index is 1.01. The minimum absolute atomic E-state index is 0.0363. The number of thioether (sulfide) groups is 1. The summed E-state index contributed by atoms with van der Waals surface area (Å²) in [6.45, 7) is 3.88. The van der Waals surface area contributed by atoms with Gasteiger partial charge < -0.3 is 20.1 Å². The van der Waals surface area contributed by atoms with Crippen molar-refractivity contribution < 1.29 is 33.4 Å². The molecule has 3 atom stereocenters. The first-order chi connectivity index (χ1) is 28.8. The summed E-state index contributed by atoms with van der Waals surface area (Å²) in [7, 11) is 0. The number of esters is 2. The molecule has 298 valence electrons. The molecule has 11 heteroatoms. The van der Waals surface area contributed by atoms with E-state index in [-0.39, 0.29) is 25.0 Å². The number of hydrogen-bond acceptors (Lipinski definition) is 8. The number of β-lactam (4-membered cyclic amide) rings is 1. The van der Waals surface area contributed by atoms with Crippen LogP contribution in [-0.2, 0) is 28.7 Å². The van der Waals surface area contributed by atoms with Crippen molar-refractivity contribution in [1.82, 2.24) is 15.5 Å². The van der Waals surface area contributed by atoms with Crippen LogP contribution in [0.2, 0.25) is 0 Å². The first-order valence-corrected chi connectivity index (χ1v) is 20.4. The molecule has 59 heavy (non-hydrogen) atoms. The molecule has 3 amide bonds. The second-order valence-corrected chi connectivity index (χ2v) is 15.2. The summed E-state index contributed by atoms with van der Waals surface area (Å²) in [5, 5.41) is 5.12. The van der Waals surface area contributed by atoms with Crippen molar-refractivity contribution >= 4 is 41.4 Å². The maximum atomic E-state index is 14.0. The first kappa shape index (κ1) is 40.5. The molecule has 2 N–H and O–H groups in total. The predicted molar refractivity (Wildman–Crippen MR) is 225 cm³/mol. The van der Waals surface area contributed by atoms with Crippen LogP contribution in [0.15, 0.2) is 176 Å². The zero-order valence-corrected chi connectivity index (χ0v) is 33.0. The van der Waals surface area contributed by atoms with Crippen molar-refractivity contribution in [2.75, 3.05) is 5.75 Å². The Bertz CT molecular complexity index is 2230. The number of amides is 3. The molecule has 5 aromatic carbocycles. The summed E-state index contributed by atoms with van der Waals surface area (Å²) in [6.07, 6.45) is 0.359. The lowest BCUT2D eigenvalue weighted by Crippen LogP contribution is -2.70. The average molecular weight is 806 g/mol. The Morgan fingerprint density at radius 3 is 1.68 bits per heavy atom. The van der Waals surface area contributed by atoms with Gasteiger partial charge in [-0.1, -0.05) is 152 Å². The molecular weight excluding hydrogens is 763 g/mol. The number of nitrogens with zero attached hydrogens (tertiary/aromatic N) is 1. The first-order valence-electron chi connectivity index (χ1n) is 19.4. The SMILES string of the molecule is C=CC1=C(C(=O)OC(c2ccccc2)c2ccccc2)N2C(=O)C(NC(=O)CCCC(NC(=O)c3ccccc3)C(=O)OC(c3ccccc3)c3ccccc3)[C@H]2SC1. The van der Waals surface area contributed by atoms with E-state index < -0.39 is 59.3 Å². The number of carbonyl (C=O) groups excluding carboxylic acids is 5. The maximum absolute atomic E-state index is 14.0. The number of allylic oxidation sites excluding steroid dienone is 1. The van der Waals surface area contributed by atoms with Crippen molar-refractivity contribution in [1.29, 1.82) is 0 Å². The topological polar surface area (TPSA) is 131 Å². The van der Waals surface area contributed by atoms with Gasteiger partial charge in [-0.3, -0.25) is 19.3 Å². The van der Waals surface area contributed by atoms with Gasteiger partial charge in [-0.15, -0.1) is 11.8 Å². The molecule has 0 aromatic heterocycles. The fourth-order valence-corrected chi connectivity index (χ4v) is 8.45. The molecule has 0 aliphatic carbocycles. The Morgan fingerprint density at radius 2 is 1.19 bits per heavy atom. The molecule has 0 saturated carbocycles. The van der Waals surface area contributed by atoms with E-state index in [2.05, 4.69) is 17.2 Å². The monoisotopic (exact) mass is 805 g/mol. The van der Waals surface area contributed by atoms with E-state index in [0.717, 1.165) is 22.3 Å². The van der Waals surface area contributed by atoms with Gasteiger partial charge in [-0.2, -0.15) is 0 Å². The van der Waals surface area contributed by atoms with E-state index in [0.29, 0.717) is 16.9 Å². The van der Waals surface area contributed by atoms with Crippen LogP contribution in [0.5, 0.6) is 0 Å². The summed E-state index contributed by atoms with van der Waals surface area (Å²) >= 11 is 1.42. The number of ether oxygens (including phenoxy) is 2. The normalized spacial score (nSPS) is 16.4. The molecule has 1 fully saturated rings. The van der Waals surface area contributed by atoms with Crippen molar-refractivity contribution in [3.63, 3.8) is 0 Å². The summed E-state index contributed by atoms with van der Waals surface area (Å²) in [5.41, 5.74) is 4.11. The largest absolute Gasteiger partial charge is 0.451 e. The number of benzene rings is 5. The van der Waals surface area contributed by atoms with Gasteiger partial charge in [0.2, 0.25) is 5.91 Å². The molecule has 0 radical (unpaired) electrons. The van der Waals surface area contributed by atoms with Crippen molar-refractivity contribution in [3.8, 4) is 0 Å². The van der Waals surface area contributed by atoms with Crippen LogP contribution < -0.4 is 10.6 Å². The van der Waals surface area contributed by atoms with Crippen LogP contribution in [0, 0.1) is 0 Å². The smallest absolute Gasteiger partial charge is 0.356 e. The fraction of sp³-hybridized carbons (Fsp3) is 0.188. The molecule has 2 aliphatic rings. The van der Waals surface area contributed by atoms with Crippen LogP contribution in [0.3, 0.4) is 0 Å². The quantitative estimate of drug-likeness (QED) is 0.0777. The number of carbonyl (C=O) groups is 5. The predicted octanol–water partition coefficient (Wildman–Crippen LogP) is 7.46. The minimum atomic E-state index is -1.08. The second kappa shape index (κ2) is 19.1. The van der Waals surface area contributed by atoms with Crippen molar-refractivity contribution in [2.45, 2.75) is 48.9 Å². The standard InChI is InChI=1S/C48H43N3O7S/c1-2-32-31-59-46-40(45(54)51(46)41(32)48(56)58-43(35-23-12-5-13-24-35)36-25-14-6-15-26-36)50-39(52)30-18-29-38(49-44(53)37-27-16-7-17-28-37)47(55)57-42(33-19-8-3-9-20-33)34-21-10-4-11-22-34/h2-17,19-28,38,40,42-43,46H,1,18,29-31H2,(H,49,53)(H,50,52)/t38?,40?,46-/m1/s1. The second-order valence-electron chi connectivity index (χ2n) is 14.1. The third-order valence-corrected chi connectivity index (χ3v) is 11.4. The highest BCUT2D eigenvalue weighted by atomic mass is 32.2. The van der Waals surface area contributed by atoms with Crippen molar-refractivity contribution in [3.05, 3.63) is 203 Å². The molecule has 0 bridgehead atoms. The molecule has 7 rings (SSSR count). The number of fused-ring (bicyclic) bond motifs is 1. The number of rotatable bonds is 16. The van der Waals surface area contributed by atoms with Gasteiger partial charge in [0.1, 0.15) is 23.2 Å². The highest BCUT2D eigenvalue weighted by Crippen LogP contribution is 2.42. The Hall–Kier alpha value is -6.72. The zero-order chi connectivity index (χ0) is 41.1. The third kappa shape index (κ3) is 9.54. The highest BCUT2D eigenvalue weighted by molar-refractivity contribution is 8.00. The van der Waals surface area contributed by atoms with E-state index >= 15 is 0 Å². The Kier molecular flexibility index (Phi) is 13.1. The van der Waals surface area contributed by atoms with Gasteiger partial charge in [-0.25, -0.2) is 9.59 Å². The Morgan fingerprint density at radius 1 is 0.712 bits per heavy atom. The van der Waals surface area contributed by atoms with E-state index in [4.69, 9.17) is 9.47 Å². The van der Waals surface area contributed by atoms with Gasteiger partial charge in [0, 0.05) is 17.7 Å². The molecule has 2 aliphatic heterocycles. The van der Waals surface area contributed by atoms with Gasteiger partial charge in [0.05, 0.1) is 0 Å². The molecular formula is C48H43N3O7S. The molecule has 2 unspecified atom stereocenters. The molecule has 10 nitrogen and oxygen atoms in total. The lowest BCUT2D eigenvalue weighted by molar-refractivity contribution is -0.154. The molecule has 1 saturated heterocycles. The third-order valence-electron chi connectivity index (χ3n) is 10.1. The fourth-order valence-electron chi connectivity index (χ4n) is 7.11. The lowest BCUT2D eigenvalue weighted by Gasteiger charge is -2.49. The van der Waals surface area contributed by atoms with Crippen LogP contribution in [0.4, 0.5) is 0 Å². The number of nitrogens with one attached hydrogen (secondary N) is 2. The minimum Gasteiger partial charge on any atom is -0.451 e. The van der Waals surface area contributed by atoms with Gasteiger partial charge in [0.15, 0.2) is 12.2 Å². The van der Waals surface area contributed by atoms with E-state index in [1.807, 2.05) is 121 Å². The van der Waals surface area contributed by atoms with Crippen molar-refractivity contribution in [2.24, 2.45) is 0 Å². The van der Waals surface area contributed by atoms with Gasteiger partial charge in [-0.05, 0) is 52.8 Å².